The summed E-state index contributed by atoms with van der Waals surface area (Å²) in [6, 6.07) is 17.7. The Morgan fingerprint density at radius 3 is 2.25 bits per heavy atom. The smallest absolute Gasteiger partial charge is 0.244 e. The average molecular weight is 609 g/mol. The molecule has 3 aromatic rings. The van der Waals surface area contributed by atoms with Crippen LogP contribution in [0.15, 0.2) is 66.7 Å². The second kappa shape index (κ2) is 13.7. The summed E-state index contributed by atoms with van der Waals surface area (Å²) in [5.74, 6) is -0.467. The minimum Gasteiger partial charge on any atom is -0.497 e. The lowest BCUT2D eigenvalue weighted by Crippen LogP contribution is -2.53. The maximum Gasteiger partial charge on any atom is 0.244 e. The highest BCUT2D eigenvalue weighted by Crippen LogP contribution is 2.34. The number of hydrogen-bond acceptors (Lipinski definition) is 6. The molecule has 2 amide bonds. The summed E-state index contributed by atoms with van der Waals surface area (Å²) < 4.78 is 37.6. The third kappa shape index (κ3) is 7.80. The van der Waals surface area contributed by atoms with E-state index in [1.807, 2.05) is 30.3 Å². The summed E-state index contributed by atoms with van der Waals surface area (Å²) in [6.07, 6.45) is 1.17. The Kier molecular flexibility index (Phi) is 10.7. The number of benzene rings is 3. The van der Waals surface area contributed by atoms with Crippen LogP contribution in [0.25, 0.3) is 0 Å². The van der Waals surface area contributed by atoms with E-state index in [0.29, 0.717) is 21.4 Å². The van der Waals surface area contributed by atoms with Crippen LogP contribution < -0.4 is 19.1 Å². The van der Waals surface area contributed by atoms with Crippen LogP contribution in [0.2, 0.25) is 10.0 Å². The second-order valence-corrected chi connectivity index (χ2v) is 11.6. The van der Waals surface area contributed by atoms with Crippen molar-refractivity contribution in [3.05, 3.63) is 87.9 Å². The first-order chi connectivity index (χ1) is 19.0. The molecule has 1 atom stereocenters. The normalized spacial score (nSPS) is 11.8. The fourth-order valence-corrected chi connectivity index (χ4v) is 5.45. The summed E-state index contributed by atoms with van der Waals surface area (Å²) in [7, 11) is 0.313. The minimum atomic E-state index is -3.99. The Hall–Kier alpha value is -3.47. The van der Waals surface area contributed by atoms with E-state index in [1.165, 1.54) is 38.3 Å². The van der Waals surface area contributed by atoms with Gasteiger partial charge in [-0.3, -0.25) is 13.9 Å². The fourth-order valence-electron chi connectivity index (χ4n) is 4.14. The van der Waals surface area contributed by atoms with Crippen LogP contribution in [0, 0.1) is 0 Å². The molecule has 0 aliphatic rings. The molecule has 0 saturated heterocycles. The Morgan fingerprint density at radius 2 is 1.68 bits per heavy atom. The largest absolute Gasteiger partial charge is 0.497 e. The topological polar surface area (TPSA) is 105 Å². The zero-order valence-electron chi connectivity index (χ0n) is 22.6. The average Bonchev–Trinajstić information content (AvgIpc) is 2.93. The summed E-state index contributed by atoms with van der Waals surface area (Å²) in [5.41, 5.74) is 1.46. The van der Waals surface area contributed by atoms with Gasteiger partial charge in [0.2, 0.25) is 21.8 Å². The first-order valence-corrected chi connectivity index (χ1v) is 14.8. The molecule has 0 saturated carbocycles. The van der Waals surface area contributed by atoms with E-state index in [9.17, 15) is 18.0 Å². The number of carbonyl (C=O) groups is 2. The number of anilines is 1. The fraction of sp³-hybridized carbons (Fsp3) is 0.286. The first kappa shape index (κ1) is 31.1. The molecule has 0 bridgehead atoms. The van der Waals surface area contributed by atoms with Crippen LogP contribution in [-0.2, 0) is 32.6 Å². The van der Waals surface area contributed by atoms with Gasteiger partial charge in [-0.05, 0) is 35.4 Å². The zero-order chi connectivity index (χ0) is 29.4. The molecule has 1 N–H and O–H groups in total. The zero-order valence-corrected chi connectivity index (χ0v) is 24.9. The number of carbonyl (C=O) groups excluding carboxylic acids is 2. The number of rotatable bonds is 12. The Morgan fingerprint density at radius 1 is 0.975 bits per heavy atom. The molecule has 0 radical (unpaired) electrons. The van der Waals surface area contributed by atoms with Crippen molar-refractivity contribution in [3.63, 3.8) is 0 Å². The highest BCUT2D eigenvalue weighted by atomic mass is 35.5. The molecule has 9 nitrogen and oxygen atoms in total. The van der Waals surface area contributed by atoms with E-state index >= 15 is 0 Å². The van der Waals surface area contributed by atoms with Gasteiger partial charge in [-0.25, -0.2) is 8.42 Å². The summed E-state index contributed by atoms with van der Waals surface area (Å²) in [6.45, 7) is -0.692. The number of ether oxygens (including phenoxy) is 2. The number of halogens is 2. The first-order valence-electron chi connectivity index (χ1n) is 12.2. The Balaban J connectivity index is 2.11. The predicted octanol–water partition coefficient (Wildman–Crippen LogP) is 4.16. The second-order valence-electron chi connectivity index (χ2n) is 8.88. The highest BCUT2D eigenvalue weighted by molar-refractivity contribution is 7.92. The Labute approximate surface area is 244 Å². The van der Waals surface area contributed by atoms with E-state index in [1.54, 1.807) is 24.3 Å². The molecule has 0 spiro atoms. The third-order valence-corrected chi connectivity index (χ3v) is 7.92. The Bertz CT molecular complexity index is 1450. The van der Waals surface area contributed by atoms with Gasteiger partial charge in [-0.1, -0.05) is 59.6 Å². The van der Waals surface area contributed by atoms with E-state index in [4.69, 9.17) is 32.7 Å². The van der Waals surface area contributed by atoms with Gasteiger partial charge in [0.15, 0.2) is 0 Å². The number of likely N-dealkylation sites (N-methyl/N-ethyl adjacent to an activating group) is 1. The van der Waals surface area contributed by atoms with Gasteiger partial charge in [-0.2, -0.15) is 0 Å². The van der Waals surface area contributed by atoms with Crippen molar-refractivity contribution < 1.29 is 27.5 Å². The number of nitrogens with zero attached hydrogens (tertiary/aromatic N) is 2. The molecular formula is C28H31Cl2N3O6S. The van der Waals surface area contributed by atoms with Crippen molar-refractivity contribution >= 4 is 50.7 Å². The van der Waals surface area contributed by atoms with Gasteiger partial charge in [0.1, 0.15) is 24.1 Å². The quantitative estimate of drug-likeness (QED) is 0.331. The predicted molar refractivity (Wildman–Crippen MR) is 157 cm³/mol. The maximum absolute atomic E-state index is 14.1. The van der Waals surface area contributed by atoms with Gasteiger partial charge < -0.3 is 19.7 Å². The van der Waals surface area contributed by atoms with E-state index in [0.717, 1.165) is 16.1 Å². The lowest BCUT2D eigenvalue weighted by Gasteiger charge is -2.33. The molecule has 1 unspecified atom stereocenters. The number of nitrogens with one attached hydrogen (secondary N) is 1. The van der Waals surface area contributed by atoms with Crippen molar-refractivity contribution in [1.82, 2.24) is 10.2 Å². The highest BCUT2D eigenvalue weighted by Gasteiger charge is 2.33. The van der Waals surface area contributed by atoms with Gasteiger partial charge in [0.25, 0.3) is 0 Å². The lowest BCUT2D eigenvalue weighted by atomic mass is 10.0. The van der Waals surface area contributed by atoms with Crippen molar-refractivity contribution in [1.29, 1.82) is 0 Å². The van der Waals surface area contributed by atoms with Crippen LogP contribution >= 0.6 is 23.2 Å². The number of methoxy groups -OCH3 is 2. The molecule has 3 rings (SSSR count). The van der Waals surface area contributed by atoms with Crippen LogP contribution in [0.1, 0.15) is 11.1 Å². The molecular weight excluding hydrogens is 577 g/mol. The van der Waals surface area contributed by atoms with Crippen molar-refractivity contribution in [2.75, 3.05) is 38.4 Å². The van der Waals surface area contributed by atoms with E-state index < -0.39 is 34.4 Å². The van der Waals surface area contributed by atoms with Crippen molar-refractivity contribution in [2.45, 2.75) is 19.0 Å². The molecule has 12 heteroatoms. The van der Waals surface area contributed by atoms with Crippen LogP contribution in [0.5, 0.6) is 11.5 Å². The van der Waals surface area contributed by atoms with Crippen LogP contribution in [-0.4, -0.2) is 65.2 Å². The van der Waals surface area contributed by atoms with Crippen LogP contribution in [0.3, 0.4) is 0 Å². The van der Waals surface area contributed by atoms with Gasteiger partial charge in [-0.15, -0.1) is 0 Å². The molecule has 0 fully saturated rings. The third-order valence-electron chi connectivity index (χ3n) is 6.21. The van der Waals surface area contributed by atoms with E-state index in [-0.39, 0.29) is 24.4 Å². The lowest BCUT2D eigenvalue weighted by molar-refractivity contribution is -0.139. The standard InChI is InChI=1S/C28H31Cl2N3O6S/c1-31-28(35)25(14-19-8-6-5-7-9-19)32(17-20-10-11-21(29)15-23(20)30)27(34)18-33(40(4,36)37)24-16-22(38-2)12-13-26(24)39-3/h5-13,15-16,25H,14,17-18H2,1-4H3,(H,31,35). The maximum atomic E-state index is 14.1. The molecule has 0 heterocycles. The molecule has 0 aliphatic carbocycles. The molecule has 3 aromatic carbocycles. The molecule has 0 aliphatic heterocycles. The molecule has 0 aromatic heterocycles. The van der Waals surface area contributed by atoms with Crippen molar-refractivity contribution in [3.8, 4) is 11.5 Å². The summed E-state index contributed by atoms with van der Waals surface area (Å²) in [5, 5.41) is 3.33. The summed E-state index contributed by atoms with van der Waals surface area (Å²) in [4.78, 5) is 28.6. The monoisotopic (exact) mass is 607 g/mol. The van der Waals surface area contributed by atoms with E-state index in [2.05, 4.69) is 5.32 Å². The van der Waals surface area contributed by atoms with Gasteiger partial charge in [0, 0.05) is 36.1 Å². The van der Waals surface area contributed by atoms with Crippen molar-refractivity contribution in [2.24, 2.45) is 0 Å². The van der Waals surface area contributed by atoms with Gasteiger partial charge >= 0.3 is 0 Å². The minimum absolute atomic E-state index is 0.0768. The number of hydrogen-bond donors (Lipinski definition) is 1. The van der Waals surface area contributed by atoms with Gasteiger partial charge in [0.05, 0.1) is 26.2 Å². The molecule has 214 valence electrons. The SMILES string of the molecule is CNC(=O)C(Cc1ccccc1)N(Cc1ccc(Cl)cc1Cl)C(=O)CN(c1cc(OC)ccc1OC)S(C)(=O)=O. The number of sulfonamides is 1. The molecule has 40 heavy (non-hydrogen) atoms. The number of amides is 2. The van der Waals surface area contributed by atoms with Crippen LogP contribution in [0.4, 0.5) is 5.69 Å². The summed E-state index contributed by atoms with van der Waals surface area (Å²) >= 11 is 12.5.